The number of nitrogens with one attached hydrogen (secondary N) is 1. The maximum Gasteiger partial charge on any atom is 0.353 e. The van der Waals surface area contributed by atoms with Crippen LogP contribution < -0.4 is 10.2 Å². The molecule has 0 aromatic carbocycles. The molecule has 2 rings (SSSR count). The summed E-state index contributed by atoms with van der Waals surface area (Å²) in [4.78, 5) is 20.7. The Morgan fingerprint density at radius 3 is 2.75 bits per heavy atom. The van der Waals surface area contributed by atoms with Crippen LogP contribution in [0.15, 0.2) is 6.33 Å². The molecule has 0 saturated heterocycles. The topological polar surface area (TPSA) is 104 Å². The Labute approximate surface area is 117 Å². The number of aliphatic hydroxyl groups is 1. The highest BCUT2D eigenvalue weighted by Gasteiger charge is 2.31. The number of nitro groups is 1. The molecule has 1 heterocycles. The van der Waals surface area contributed by atoms with E-state index in [4.69, 9.17) is 0 Å². The molecule has 8 nitrogen and oxygen atoms in total. The summed E-state index contributed by atoms with van der Waals surface area (Å²) in [6, 6.07) is 0.195. The van der Waals surface area contributed by atoms with Crippen molar-refractivity contribution in [2.75, 3.05) is 30.4 Å². The van der Waals surface area contributed by atoms with Crippen LogP contribution in [0.3, 0.4) is 0 Å². The van der Waals surface area contributed by atoms with E-state index < -0.39 is 4.92 Å². The van der Waals surface area contributed by atoms with Crippen molar-refractivity contribution >= 4 is 17.3 Å². The fourth-order valence-electron chi connectivity index (χ4n) is 2.72. The quantitative estimate of drug-likeness (QED) is 0.595. The molecule has 1 aromatic heterocycles. The highest BCUT2D eigenvalue weighted by molar-refractivity contribution is 5.70. The van der Waals surface area contributed by atoms with E-state index in [1.807, 2.05) is 4.90 Å². The minimum Gasteiger partial charge on any atom is -0.395 e. The summed E-state index contributed by atoms with van der Waals surface area (Å²) in [6.07, 6.45) is 5.45. The summed E-state index contributed by atoms with van der Waals surface area (Å²) >= 11 is 0. The van der Waals surface area contributed by atoms with E-state index in [0.717, 1.165) is 25.7 Å². The molecule has 1 fully saturated rings. The minimum absolute atomic E-state index is 0.0630. The van der Waals surface area contributed by atoms with Gasteiger partial charge in [-0.05, 0) is 12.8 Å². The summed E-state index contributed by atoms with van der Waals surface area (Å²) in [5, 5.41) is 23.3. The largest absolute Gasteiger partial charge is 0.395 e. The Balaban J connectivity index is 2.43. The van der Waals surface area contributed by atoms with Gasteiger partial charge in [0, 0.05) is 19.6 Å². The van der Waals surface area contributed by atoms with Crippen molar-refractivity contribution in [2.24, 2.45) is 0 Å². The number of aromatic nitrogens is 2. The third-order valence-corrected chi connectivity index (χ3v) is 3.60. The van der Waals surface area contributed by atoms with E-state index in [1.54, 1.807) is 7.05 Å². The first-order chi connectivity index (χ1) is 9.69. The van der Waals surface area contributed by atoms with E-state index in [1.165, 1.54) is 6.33 Å². The van der Waals surface area contributed by atoms with Crippen LogP contribution in [-0.4, -0.2) is 46.2 Å². The Hall–Kier alpha value is -1.96. The molecule has 0 aliphatic heterocycles. The van der Waals surface area contributed by atoms with Crippen molar-refractivity contribution in [3.8, 4) is 0 Å². The lowest BCUT2D eigenvalue weighted by atomic mass is 10.2. The van der Waals surface area contributed by atoms with E-state index in [9.17, 15) is 15.2 Å². The van der Waals surface area contributed by atoms with Gasteiger partial charge in [0.05, 0.1) is 11.5 Å². The zero-order valence-corrected chi connectivity index (χ0v) is 11.4. The Morgan fingerprint density at radius 2 is 2.20 bits per heavy atom. The van der Waals surface area contributed by atoms with E-state index in [0.29, 0.717) is 6.54 Å². The van der Waals surface area contributed by atoms with Crippen LogP contribution in [0.25, 0.3) is 0 Å². The van der Waals surface area contributed by atoms with Crippen molar-refractivity contribution in [1.29, 1.82) is 0 Å². The van der Waals surface area contributed by atoms with Crippen LogP contribution >= 0.6 is 0 Å². The second kappa shape index (κ2) is 6.47. The predicted molar refractivity (Wildman–Crippen MR) is 74.9 cm³/mol. The molecular weight excluding hydrogens is 262 g/mol. The smallest absolute Gasteiger partial charge is 0.353 e. The second-order valence-corrected chi connectivity index (χ2v) is 4.76. The Bertz CT molecular complexity index is 476. The van der Waals surface area contributed by atoms with E-state index in [2.05, 4.69) is 15.3 Å². The predicted octanol–water partition coefficient (Wildman–Crippen LogP) is 1.17. The first kappa shape index (κ1) is 14.4. The molecule has 20 heavy (non-hydrogen) atoms. The molecule has 110 valence electrons. The van der Waals surface area contributed by atoms with Gasteiger partial charge in [0.25, 0.3) is 0 Å². The van der Waals surface area contributed by atoms with Gasteiger partial charge in [0.2, 0.25) is 11.6 Å². The molecule has 0 bridgehead atoms. The van der Waals surface area contributed by atoms with Gasteiger partial charge in [0.1, 0.15) is 6.33 Å². The average Bonchev–Trinajstić information content (AvgIpc) is 2.97. The second-order valence-electron chi connectivity index (χ2n) is 4.76. The molecule has 0 unspecified atom stereocenters. The first-order valence-electron chi connectivity index (χ1n) is 6.73. The molecule has 1 saturated carbocycles. The van der Waals surface area contributed by atoms with Gasteiger partial charge in [0.15, 0.2) is 0 Å². The van der Waals surface area contributed by atoms with Crippen molar-refractivity contribution in [3.05, 3.63) is 16.4 Å². The van der Waals surface area contributed by atoms with Gasteiger partial charge < -0.3 is 15.3 Å². The first-order valence-corrected chi connectivity index (χ1v) is 6.73. The van der Waals surface area contributed by atoms with Crippen molar-refractivity contribution < 1.29 is 10.0 Å². The third kappa shape index (κ3) is 2.79. The lowest BCUT2D eigenvalue weighted by Crippen LogP contribution is -2.37. The summed E-state index contributed by atoms with van der Waals surface area (Å²) < 4.78 is 0. The number of nitrogens with zero attached hydrogens (tertiary/aromatic N) is 4. The van der Waals surface area contributed by atoms with Gasteiger partial charge in [-0.2, -0.15) is 0 Å². The molecule has 1 aliphatic rings. The number of hydrogen-bond acceptors (Lipinski definition) is 7. The monoisotopic (exact) mass is 281 g/mol. The molecule has 1 aromatic rings. The summed E-state index contributed by atoms with van der Waals surface area (Å²) in [7, 11) is 1.59. The molecular formula is C12H19N5O3. The molecule has 0 atom stereocenters. The molecule has 1 aliphatic carbocycles. The molecule has 0 radical (unpaired) electrons. The van der Waals surface area contributed by atoms with Gasteiger partial charge in [-0.15, -0.1) is 0 Å². The van der Waals surface area contributed by atoms with Crippen LogP contribution in [0.1, 0.15) is 25.7 Å². The fourth-order valence-corrected chi connectivity index (χ4v) is 2.72. The van der Waals surface area contributed by atoms with Crippen molar-refractivity contribution in [1.82, 2.24) is 9.97 Å². The molecule has 2 N–H and O–H groups in total. The maximum atomic E-state index is 11.3. The van der Waals surface area contributed by atoms with Crippen LogP contribution in [-0.2, 0) is 0 Å². The van der Waals surface area contributed by atoms with Gasteiger partial charge in [-0.25, -0.2) is 9.97 Å². The molecule has 0 spiro atoms. The molecule has 0 amide bonds. The lowest BCUT2D eigenvalue weighted by molar-refractivity contribution is -0.383. The maximum absolute atomic E-state index is 11.3. The summed E-state index contributed by atoms with van der Waals surface area (Å²) in [6.45, 7) is 0.276. The Morgan fingerprint density at radius 1 is 1.50 bits per heavy atom. The highest BCUT2D eigenvalue weighted by atomic mass is 16.6. The van der Waals surface area contributed by atoms with Crippen LogP contribution in [0, 0.1) is 10.1 Å². The van der Waals surface area contributed by atoms with Gasteiger partial charge in [-0.3, -0.25) is 10.1 Å². The standard InChI is InChI=1S/C12H19N5O3/c1-13-11-10(17(19)20)12(15-8-14-11)16(6-7-18)9-4-2-3-5-9/h8-9,18H,2-7H2,1H3,(H,13,14,15). The van der Waals surface area contributed by atoms with E-state index >= 15 is 0 Å². The van der Waals surface area contributed by atoms with Crippen molar-refractivity contribution in [3.63, 3.8) is 0 Å². The van der Waals surface area contributed by atoms with Gasteiger partial charge in [-0.1, -0.05) is 12.8 Å². The van der Waals surface area contributed by atoms with Crippen LogP contribution in [0.5, 0.6) is 0 Å². The SMILES string of the molecule is CNc1ncnc(N(CCO)C2CCCC2)c1[N+](=O)[O-]. The summed E-state index contributed by atoms with van der Waals surface area (Å²) in [5.41, 5.74) is -0.129. The number of aliphatic hydroxyl groups excluding tert-OH is 1. The number of anilines is 2. The van der Waals surface area contributed by atoms with E-state index in [-0.39, 0.29) is 30.0 Å². The number of rotatable bonds is 6. The highest BCUT2D eigenvalue weighted by Crippen LogP contribution is 2.35. The fraction of sp³-hybridized carbons (Fsp3) is 0.667. The normalized spacial score (nSPS) is 15.3. The van der Waals surface area contributed by atoms with Gasteiger partial charge >= 0.3 is 5.69 Å². The lowest BCUT2D eigenvalue weighted by Gasteiger charge is -2.29. The van der Waals surface area contributed by atoms with Crippen molar-refractivity contribution in [2.45, 2.75) is 31.7 Å². The van der Waals surface area contributed by atoms with Crippen LogP contribution in [0.4, 0.5) is 17.3 Å². The summed E-state index contributed by atoms with van der Waals surface area (Å²) in [5.74, 6) is 0.483. The minimum atomic E-state index is -0.472. The molecule has 8 heteroatoms. The average molecular weight is 281 g/mol. The Kier molecular flexibility index (Phi) is 4.67. The third-order valence-electron chi connectivity index (χ3n) is 3.60. The number of hydrogen-bond donors (Lipinski definition) is 2. The zero-order chi connectivity index (χ0) is 14.5. The van der Waals surface area contributed by atoms with Crippen LogP contribution in [0.2, 0.25) is 0 Å². The zero-order valence-electron chi connectivity index (χ0n) is 11.4.